The van der Waals surface area contributed by atoms with Gasteiger partial charge >= 0.3 is 0 Å². The van der Waals surface area contributed by atoms with Crippen molar-refractivity contribution < 1.29 is 0 Å². The summed E-state index contributed by atoms with van der Waals surface area (Å²) in [5.74, 6) is 2.22. The molecular weight excluding hydrogens is 350 g/mol. The molecule has 0 spiro atoms. The molecule has 0 radical (unpaired) electrons. The van der Waals surface area contributed by atoms with Gasteiger partial charge in [-0.2, -0.15) is 10.2 Å². The van der Waals surface area contributed by atoms with Gasteiger partial charge in [-0.25, -0.2) is 4.68 Å². The topological polar surface area (TPSA) is 72.7 Å². The molecule has 2 heterocycles. The summed E-state index contributed by atoms with van der Waals surface area (Å²) in [5, 5.41) is 17.1. The Balaban J connectivity index is 1.23. The van der Waals surface area contributed by atoms with Gasteiger partial charge in [0.15, 0.2) is 0 Å². The fraction of sp³-hybridized carbons (Fsp3) is 0.636. The van der Waals surface area contributed by atoms with Crippen molar-refractivity contribution in [3.63, 3.8) is 0 Å². The van der Waals surface area contributed by atoms with E-state index in [0.29, 0.717) is 12.0 Å². The van der Waals surface area contributed by atoms with E-state index in [1.807, 2.05) is 6.07 Å². The molecule has 3 aliphatic rings. The SMILES string of the molecule is CC1CCc2nnc(NC3CCC(n4nc(C5CC5)ccc4=O)CC3)cc2C1. The third-order valence-corrected chi connectivity index (χ3v) is 6.64. The lowest BCUT2D eigenvalue weighted by molar-refractivity contribution is 0.301. The molecule has 6 nitrogen and oxygen atoms in total. The van der Waals surface area contributed by atoms with E-state index in [1.54, 1.807) is 10.7 Å². The predicted octanol–water partition coefficient (Wildman–Crippen LogP) is 3.63. The minimum atomic E-state index is 0.0375. The van der Waals surface area contributed by atoms with E-state index in [9.17, 15) is 4.79 Å². The Morgan fingerprint density at radius 3 is 2.64 bits per heavy atom. The number of fused-ring (bicyclic) bond motifs is 1. The normalized spacial score (nSPS) is 27.2. The predicted molar refractivity (Wildman–Crippen MR) is 109 cm³/mol. The highest BCUT2D eigenvalue weighted by atomic mass is 16.1. The largest absolute Gasteiger partial charge is 0.366 e. The van der Waals surface area contributed by atoms with Crippen molar-refractivity contribution in [2.75, 3.05) is 5.32 Å². The van der Waals surface area contributed by atoms with Crippen LogP contribution in [0.4, 0.5) is 5.82 Å². The molecule has 0 amide bonds. The van der Waals surface area contributed by atoms with Crippen LogP contribution in [0.3, 0.4) is 0 Å². The van der Waals surface area contributed by atoms with Crippen LogP contribution in [0.15, 0.2) is 23.0 Å². The highest BCUT2D eigenvalue weighted by molar-refractivity contribution is 5.40. The number of rotatable bonds is 4. The van der Waals surface area contributed by atoms with Crippen molar-refractivity contribution in [2.45, 2.75) is 82.7 Å². The number of anilines is 1. The zero-order valence-corrected chi connectivity index (χ0v) is 16.6. The number of nitrogens with one attached hydrogen (secondary N) is 1. The van der Waals surface area contributed by atoms with Gasteiger partial charge in [0.2, 0.25) is 0 Å². The summed E-state index contributed by atoms with van der Waals surface area (Å²) in [5.41, 5.74) is 3.67. The molecule has 0 saturated heterocycles. The van der Waals surface area contributed by atoms with E-state index < -0.39 is 0 Å². The molecule has 6 heteroatoms. The number of hydrogen-bond donors (Lipinski definition) is 1. The Morgan fingerprint density at radius 2 is 1.86 bits per heavy atom. The fourth-order valence-electron chi connectivity index (χ4n) is 4.75. The molecule has 2 aromatic heterocycles. The van der Waals surface area contributed by atoms with Crippen LogP contribution in [-0.2, 0) is 12.8 Å². The minimum absolute atomic E-state index is 0.0375. The Labute approximate surface area is 165 Å². The molecule has 3 aliphatic carbocycles. The monoisotopic (exact) mass is 379 g/mol. The number of hydrogen-bond acceptors (Lipinski definition) is 5. The van der Waals surface area contributed by atoms with E-state index in [2.05, 4.69) is 33.6 Å². The molecule has 1 atom stereocenters. The van der Waals surface area contributed by atoms with E-state index in [-0.39, 0.29) is 11.6 Å². The summed E-state index contributed by atoms with van der Waals surface area (Å²) in [4.78, 5) is 12.3. The fourth-order valence-corrected chi connectivity index (χ4v) is 4.75. The number of nitrogens with zero attached hydrogens (tertiary/aromatic N) is 4. The molecule has 2 fully saturated rings. The Morgan fingerprint density at radius 1 is 1.04 bits per heavy atom. The maximum Gasteiger partial charge on any atom is 0.267 e. The van der Waals surface area contributed by atoms with Crippen LogP contribution in [0.2, 0.25) is 0 Å². The molecule has 1 N–H and O–H groups in total. The van der Waals surface area contributed by atoms with Gasteiger partial charge in [-0.3, -0.25) is 4.79 Å². The first-order chi connectivity index (χ1) is 13.7. The highest BCUT2D eigenvalue weighted by Gasteiger charge is 2.28. The summed E-state index contributed by atoms with van der Waals surface area (Å²) >= 11 is 0. The molecule has 1 unspecified atom stereocenters. The summed E-state index contributed by atoms with van der Waals surface area (Å²) in [6.07, 6.45) is 9.82. The average molecular weight is 380 g/mol. The number of aryl methyl sites for hydroxylation is 1. The second-order valence-corrected chi connectivity index (χ2v) is 9.01. The van der Waals surface area contributed by atoms with Gasteiger partial charge in [0, 0.05) is 18.0 Å². The first-order valence-corrected chi connectivity index (χ1v) is 10.9. The van der Waals surface area contributed by atoms with Gasteiger partial charge in [0.05, 0.1) is 17.4 Å². The van der Waals surface area contributed by atoms with Crippen molar-refractivity contribution in [1.82, 2.24) is 20.0 Å². The third-order valence-electron chi connectivity index (χ3n) is 6.64. The van der Waals surface area contributed by atoms with Gasteiger partial charge in [-0.1, -0.05) is 6.92 Å². The molecule has 28 heavy (non-hydrogen) atoms. The smallest absolute Gasteiger partial charge is 0.267 e. The second kappa shape index (κ2) is 7.30. The van der Waals surface area contributed by atoms with Crippen molar-refractivity contribution in [3.05, 3.63) is 45.5 Å². The number of aromatic nitrogens is 4. The lowest BCUT2D eigenvalue weighted by Crippen LogP contribution is -2.33. The molecule has 0 bridgehead atoms. The van der Waals surface area contributed by atoms with E-state index in [4.69, 9.17) is 0 Å². The summed E-state index contributed by atoms with van der Waals surface area (Å²) in [6, 6.07) is 6.44. The maximum absolute atomic E-state index is 12.3. The lowest BCUT2D eigenvalue weighted by atomic mass is 9.88. The standard InChI is InChI=1S/C22H29N5O/c1-14-2-9-19-16(12-14)13-21(25-24-19)23-17-5-7-18(8-6-17)27-22(28)11-10-20(26-27)15-3-4-15/h10-11,13-15,17-18H,2-9,12H2,1H3,(H,23,25). The summed E-state index contributed by atoms with van der Waals surface area (Å²) in [7, 11) is 0. The first kappa shape index (κ1) is 17.8. The van der Waals surface area contributed by atoms with Crippen LogP contribution < -0.4 is 10.9 Å². The van der Waals surface area contributed by atoms with Crippen LogP contribution >= 0.6 is 0 Å². The zero-order chi connectivity index (χ0) is 19.1. The molecule has 5 rings (SSSR count). The van der Waals surface area contributed by atoms with E-state index >= 15 is 0 Å². The second-order valence-electron chi connectivity index (χ2n) is 9.01. The van der Waals surface area contributed by atoms with Crippen molar-refractivity contribution in [3.8, 4) is 0 Å². The van der Waals surface area contributed by atoms with Crippen molar-refractivity contribution in [2.24, 2.45) is 5.92 Å². The van der Waals surface area contributed by atoms with Crippen LogP contribution in [-0.4, -0.2) is 26.0 Å². The minimum Gasteiger partial charge on any atom is -0.366 e. The van der Waals surface area contributed by atoms with Gasteiger partial charge < -0.3 is 5.32 Å². The summed E-state index contributed by atoms with van der Waals surface area (Å²) < 4.78 is 1.75. The van der Waals surface area contributed by atoms with Crippen LogP contribution in [0.25, 0.3) is 0 Å². The zero-order valence-electron chi connectivity index (χ0n) is 16.6. The Kier molecular flexibility index (Phi) is 4.65. The lowest BCUT2D eigenvalue weighted by Gasteiger charge is -2.30. The first-order valence-electron chi connectivity index (χ1n) is 10.9. The van der Waals surface area contributed by atoms with Crippen LogP contribution in [0.5, 0.6) is 0 Å². The highest BCUT2D eigenvalue weighted by Crippen LogP contribution is 2.39. The van der Waals surface area contributed by atoms with E-state index in [0.717, 1.165) is 56.0 Å². The molecule has 0 aliphatic heterocycles. The van der Waals surface area contributed by atoms with Gasteiger partial charge in [0.25, 0.3) is 5.56 Å². The molecule has 2 saturated carbocycles. The van der Waals surface area contributed by atoms with Gasteiger partial charge in [-0.15, -0.1) is 5.10 Å². The molecular formula is C22H29N5O. The quantitative estimate of drug-likeness (QED) is 0.878. The molecule has 2 aromatic rings. The Hall–Kier alpha value is -2.24. The molecule has 0 aromatic carbocycles. The average Bonchev–Trinajstić information content (AvgIpc) is 3.54. The molecule has 148 valence electrons. The van der Waals surface area contributed by atoms with Crippen LogP contribution in [0, 0.1) is 5.92 Å². The summed E-state index contributed by atoms with van der Waals surface area (Å²) in [6.45, 7) is 2.31. The van der Waals surface area contributed by atoms with Crippen molar-refractivity contribution >= 4 is 5.82 Å². The Bertz CT molecular complexity index is 911. The van der Waals surface area contributed by atoms with E-state index in [1.165, 1.54) is 30.5 Å². The maximum atomic E-state index is 12.3. The van der Waals surface area contributed by atoms with Crippen molar-refractivity contribution in [1.29, 1.82) is 0 Å². The van der Waals surface area contributed by atoms with Gasteiger partial charge in [-0.05, 0) is 81.4 Å². The van der Waals surface area contributed by atoms with Gasteiger partial charge in [0.1, 0.15) is 5.82 Å². The van der Waals surface area contributed by atoms with Crippen LogP contribution in [0.1, 0.15) is 80.8 Å². The third kappa shape index (κ3) is 3.69.